The molecule has 0 radical (unpaired) electrons. The molecule has 0 unspecified atom stereocenters. The summed E-state index contributed by atoms with van der Waals surface area (Å²) in [6.07, 6.45) is 1.79. The third-order valence-corrected chi connectivity index (χ3v) is 7.24. The van der Waals surface area contributed by atoms with Gasteiger partial charge in [-0.15, -0.1) is 0 Å². The Morgan fingerprint density at radius 2 is 1.61 bits per heavy atom. The number of benzene rings is 2. The minimum absolute atomic E-state index is 0.119. The quantitative estimate of drug-likeness (QED) is 0.350. The highest BCUT2D eigenvalue weighted by Crippen LogP contribution is 2.43. The molecular weight excluding hydrogens is 466 g/mol. The topological polar surface area (TPSA) is 62.2 Å². The van der Waals surface area contributed by atoms with E-state index in [1.165, 1.54) is 11.3 Å². The van der Waals surface area contributed by atoms with Gasteiger partial charge in [-0.05, 0) is 75.0 Å². The van der Waals surface area contributed by atoms with Crippen LogP contribution in [0.25, 0.3) is 5.69 Å². The summed E-state index contributed by atoms with van der Waals surface area (Å²) in [5.41, 5.74) is 7.39. The molecule has 0 spiro atoms. The lowest BCUT2D eigenvalue weighted by Crippen LogP contribution is -2.37. The number of hydrogen-bond donors (Lipinski definition) is 2. The molecule has 36 heavy (non-hydrogen) atoms. The maximum atomic E-state index is 13.1. The summed E-state index contributed by atoms with van der Waals surface area (Å²) < 4.78 is 2.28. The van der Waals surface area contributed by atoms with Crippen molar-refractivity contribution in [3.63, 3.8) is 0 Å². The number of rotatable bonds is 6. The van der Waals surface area contributed by atoms with E-state index in [1.807, 2.05) is 71.6 Å². The Labute approximate surface area is 217 Å². The number of nitrogens with one attached hydrogen (secondary N) is 2. The summed E-state index contributed by atoms with van der Waals surface area (Å²) in [6.45, 7) is 6.56. The second-order valence-corrected chi connectivity index (χ2v) is 9.44. The van der Waals surface area contributed by atoms with Gasteiger partial charge in [-0.3, -0.25) is 9.78 Å². The van der Waals surface area contributed by atoms with Crippen molar-refractivity contribution >= 4 is 28.9 Å². The van der Waals surface area contributed by atoms with Gasteiger partial charge in [0.15, 0.2) is 5.11 Å². The molecule has 2 atom stereocenters. The van der Waals surface area contributed by atoms with Crippen LogP contribution in [0.3, 0.4) is 0 Å². The van der Waals surface area contributed by atoms with Crippen molar-refractivity contribution in [2.24, 2.45) is 0 Å². The van der Waals surface area contributed by atoms with Crippen molar-refractivity contribution in [2.45, 2.75) is 32.9 Å². The van der Waals surface area contributed by atoms with Gasteiger partial charge in [0.1, 0.15) is 6.54 Å². The standard InChI is InChI=1S/C29H29N5OS/c1-19-20(2)34(23-14-8-5-9-15-23)21(3)26(19)28-27(24-16-10-11-17-30-24)32-29(36)33(28)18-25(35)31-22-12-6-4-7-13-22/h4-17,27-28H,18H2,1-3H3,(H,31,35)(H,32,36)/t27-,28+/m0/s1. The number of carbonyl (C=O) groups is 1. The molecule has 1 aliphatic rings. The molecule has 5 rings (SSSR count). The van der Waals surface area contributed by atoms with Gasteiger partial charge in [-0.1, -0.05) is 42.5 Å². The summed E-state index contributed by atoms with van der Waals surface area (Å²) in [5.74, 6) is -0.119. The van der Waals surface area contributed by atoms with E-state index in [0.29, 0.717) is 5.11 Å². The molecule has 6 nitrogen and oxygen atoms in total. The van der Waals surface area contributed by atoms with Crippen LogP contribution >= 0.6 is 12.2 Å². The lowest BCUT2D eigenvalue weighted by molar-refractivity contribution is -0.116. The van der Waals surface area contributed by atoms with Gasteiger partial charge in [-0.2, -0.15) is 0 Å². The zero-order valence-corrected chi connectivity index (χ0v) is 21.4. The summed E-state index contributed by atoms with van der Waals surface area (Å²) in [6, 6.07) is 25.3. The normalized spacial score (nSPS) is 17.2. The lowest BCUT2D eigenvalue weighted by Gasteiger charge is -2.28. The first-order valence-electron chi connectivity index (χ1n) is 12.0. The number of thiocarbonyl (C=S) groups is 1. The average molecular weight is 496 g/mol. The highest BCUT2D eigenvalue weighted by atomic mass is 32.1. The molecule has 1 amide bonds. The zero-order valence-electron chi connectivity index (χ0n) is 20.6. The van der Waals surface area contributed by atoms with Crippen LogP contribution in [-0.2, 0) is 4.79 Å². The molecule has 0 bridgehead atoms. The molecule has 2 N–H and O–H groups in total. The first kappa shape index (κ1) is 23.8. The molecular formula is C29H29N5OS. The van der Waals surface area contributed by atoms with Crippen molar-refractivity contribution in [2.75, 3.05) is 11.9 Å². The third-order valence-electron chi connectivity index (χ3n) is 6.89. The van der Waals surface area contributed by atoms with Crippen molar-refractivity contribution in [1.29, 1.82) is 0 Å². The van der Waals surface area contributed by atoms with E-state index in [9.17, 15) is 4.79 Å². The second-order valence-electron chi connectivity index (χ2n) is 9.05. The van der Waals surface area contributed by atoms with Crippen molar-refractivity contribution in [3.8, 4) is 5.69 Å². The van der Waals surface area contributed by atoms with Crippen LogP contribution < -0.4 is 10.6 Å². The minimum atomic E-state index is -0.197. The maximum Gasteiger partial charge on any atom is 0.244 e. The fourth-order valence-electron chi connectivity index (χ4n) is 5.17. The molecule has 2 aromatic carbocycles. The van der Waals surface area contributed by atoms with Crippen LogP contribution in [0, 0.1) is 20.8 Å². The van der Waals surface area contributed by atoms with Gasteiger partial charge in [-0.25, -0.2) is 0 Å². The first-order chi connectivity index (χ1) is 17.5. The van der Waals surface area contributed by atoms with Crippen LogP contribution in [0.4, 0.5) is 5.69 Å². The van der Waals surface area contributed by atoms with E-state index < -0.39 is 0 Å². The number of carbonyl (C=O) groups excluding carboxylic acids is 1. The number of hydrogen-bond acceptors (Lipinski definition) is 3. The molecule has 3 heterocycles. The van der Waals surface area contributed by atoms with E-state index in [-0.39, 0.29) is 24.5 Å². The Morgan fingerprint density at radius 3 is 2.28 bits per heavy atom. The summed E-state index contributed by atoms with van der Waals surface area (Å²) in [4.78, 5) is 19.8. The van der Waals surface area contributed by atoms with E-state index in [1.54, 1.807) is 6.20 Å². The largest absolute Gasteiger partial charge is 0.352 e. The Kier molecular flexibility index (Phi) is 6.57. The van der Waals surface area contributed by atoms with Gasteiger partial charge in [0.2, 0.25) is 5.91 Å². The molecule has 1 saturated heterocycles. The Bertz CT molecular complexity index is 1390. The second kappa shape index (κ2) is 9.95. The zero-order chi connectivity index (χ0) is 25.2. The highest BCUT2D eigenvalue weighted by molar-refractivity contribution is 7.80. The molecule has 0 aliphatic carbocycles. The number of amides is 1. The number of pyridine rings is 1. The van der Waals surface area contributed by atoms with Gasteiger partial charge >= 0.3 is 0 Å². The van der Waals surface area contributed by atoms with Crippen LogP contribution in [0.2, 0.25) is 0 Å². The molecule has 182 valence electrons. The van der Waals surface area contributed by atoms with E-state index in [2.05, 4.69) is 53.1 Å². The Hall–Kier alpha value is -3.97. The van der Waals surface area contributed by atoms with Gasteiger partial charge in [0, 0.05) is 34.5 Å². The number of anilines is 1. The molecule has 7 heteroatoms. The first-order valence-corrected chi connectivity index (χ1v) is 12.4. The fourth-order valence-corrected chi connectivity index (χ4v) is 5.48. The lowest BCUT2D eigenvalue weighted by atomic mass is 9.93. The van der Waals surface area contributed by atoms with Crippen LogP contribution in [0.15, 0.2) is 85.1 Å². The molecule has 1 fully saturated rings. The Balaban J connectivity index is 1.58. The predicted octanol–water partition coefficient (Wildman–Crippen LogP) is 5.41. The number of aromatic nitrogens is 2. The SMILES string of the molecule is Cc1c([C@@H]2[C@H](c3ccccn3)NC(=S)N2CC(=O)Nc2ccccc2)c(C)n(-c2ccccc2)c1C. The fraction of sp³-hybridized carbons (Fsp3) is 0.207. The van der Waals surface area contributed by atoms with Crippen molar-refractivity contribution in [1.82, 2.24) is 19.8 Å². The monoisotopic (exact) mass is 495 g/mol. The van der Waals surface area contributed by atoms with Crippen LogP contribution in [0.5, 0.6) is 0 Å². The van der Waals surface area contributed by atoms with E-state index in [0.717, 1.165) is 28.3 Å². The molecule has 4 aromatic rings. The molecule has 2 aromatic heterocycles. The van der Waals surface area contributed by atoms with Crippen LogP contribution in [-0.4, -0.2) is 32.0 Å². The van der Waals surface area contributed by atoms with Gasteiger partial charge in [0.25, 0.3) is 0 Å². The summed E-state index contributed by atoms with van der Waals surface area (Å²) >= 11 is 5.80. The van der Waals surface area contributed by atoms with E-state index in [4.69, 9.17) is 12.2 Å². The average Bonchev–Trinajstić information content (AvgIpc) is 3.32. The third kappa shape index (κ3) is 4.38. The van der Waals surface area contributed by atoms with Crippen molar-refractivity contribution < 1.29 is 4.79 Å². The van der Waals surface area contributed by atoms with Gasteiger partial charge < -0.3 is 20.1 Å². The smallest absolute Gasteiger partial charge is 0.244 e. The minimum Gasteiger partial charge on any atom is -0.352 e. The number of nitrogens with zero attached hydrogens (tertiary/aromatic N) is 3. The molecule has 1 aliphatic heterocycles. The van der Waals surface area contributed by atoms with Gasteiger partial charge in [0.05, 0.1) is 17.8 Å². The summed E-state index contributed by atoms with van der Waals surface area (Å²) in [7, 11) is 0. The van der Waals surface area contributed by atoms with E-state index >= 15 is 0 Å². The van der Waals surface area contributed by atoms with Crippen molar-refractivity contribution in [3.05, 3.63) is 113 Å². The summed E-state index contributed by atoms with van der Waals surface area (Å²) in [5, 5.41) is 7.01. The molecule has 0 saturated carbocycles. The predicted molar refractivity (Wildman–Crippen MR) is 147 cm³/mol. The maximum absolute atomic E-state index is 13.1. The van der Waals surface area contributed by atoms with Crippen LogP contribution in [0.1, 0.15) is 40.3 Å². The Morgan fingerprint density at radius 1 is 0.944 bits per heavy atom. The number of para-hydroxylation sites is 2. The highest BCUT2D eigenvalue weighted by Gasteiger charge is 2.43.